The third-order valence-electron chi connectivity index (χ3n) is 4.56. The summed E-state index contributed by atoms with van der Waals surface area (Å²) in [5, 5.41) is 12.5. The van der Waals surface area contributed by atoms with Gasteiger partial charge in [0.05, 0.1) is 19.3 Å². The minimum Gasteiger partial charge on any atom is -0.481 e. The van der Waals surface area contributed by atoms with Crippen LogP contribution in [0.25, 0.3) is 0 Å². The fourth-order valence-electron chi connectivity index (χ4n) is 3.11. The molecule has 27 heavy (non-hydrogen) atoms. The molecule has 8 heteroatoms. The van der Waals surface area contributed by atoms with Crippen LogP contribution in [-0.2, 0) is 0 Å². The van der Waals surface area contributed by atoms with Gasteiger partial charge in [-0.05, 0) is 42.5 Å². The van der Waals surface area contributed by atoms with Crippen molar-refractivity contribution in [2.24, 2.45) is 5.92 Å². The minimum absolute atomic E-state index is 0.0552. The summed E-state index contributed by atoms with van der Waals surface area (Å²) < 4.78 is 34.1. The number of hydrogen-bond donors (Lipinski definition) is 2. The lowest BCUT2D eigenvalue weighted by Crippen LogP contribution is -2.41. The van der Waals surface area contributed by atoms with E-state index in [9.17, 15) is 18.7 Å². The molecular weight excluding hydrogens is 358 g/mol. The maximum Gasteiger partial charge on any atom is 0.387 e. The van der Waals surface area contributed by atoms with Crippen LogP contribution in [-0.4, -0.2) is 35.8 Å². The molecule has 0 aliphatic heterocycles. The monoisotopic (exact) mass is 378 g/mol. The second kappa shape index (κ2) is 8.30. The van der Waals surface area contributed by atoms with E-state index in [1.807, 2.05) is 0 Å². The van der Waals surface area contributed by atoms with Gasteiger partial charge in [0.15, 0.2) is 0 Å². The van der Waals surface area contributed by atoms with Crippen molar-refractivity contribution < 1.29 is 28.2 Å². The van der Waals surface area contributed by atoms with Gasteiger partial charge in [-0.2, -0.15) is 8.78 Å². The summed E-state index contributed by atoms with van der Waals surface area (Å²) >= 11 is 0. The minimum atomic E-state index is -2.96. The molecule has 0 spiro atoms. The number of carbonyl (C=O) groups is 1. The van der Waals surface area contributed by atoms with E-state index in [0.717, 1.165) is 5.56 Å². The number of nitrogens with one attached hydrogen (secondary N) is 1. The normalized spacial score (nSPS) is 19.9. The third-order valence-corrected chi connectivity index (χ3v) is 4.56. The number of benzene rings is 1. The first kappa shape index (κ1) is 19.0. The molecule has 1 amide bonds. The Morgan fingerprint density at radius 1 is 1.30 bits per heavy atom. The second-order valence-electron chi connectivity index (χ2n) is 6.38. The third kappa shape index (κ3) is 4.71. The molecule has 0 unspecified atom stereocenters. The van der Waals surface area contributed by atoms with Crippen molar-refractivity contribution in [1.82, 2.24) is 10.3 Å². The maximum absolute atomic E-state index is 12.7. The van der Waals surface area contributed by atoms with Crippen LogP contribution in [0.15, 0.2) is 42.6 Å². The number of aliphatic hydroxyl groups is 1. The standard InChI is InChI=1S/C19H20F2N2O4/c1-26-16-6-5-12(10-22-16)17(13-7-14(24)8-13)23-18(25)11-3-2-4-15(9-11)27-19(20)21/h2-6,9-10,13-14,17,19,24H,7-8H2,1H3,(H,23,25)/t13?,14?,17-/m0/s1. The van der Waals surface area contributed by atoms with Crippen LogP contribution in [0, 0.1) is 5.92 Å². The van der Waals surface area contributed by atoms with Gasteiger partial charge in [-0.1, -0.05) is 12.1 Å². The molecule has 2 N–H and O–H groups in total. The number of methoxy groups -OCH3 is 1. The molecule has 2 aromatic rings. The summed E-state index contributed by atoms with van der Waals surface area (Å²) in [5.41, 5.74) is 0.987. The van der Waals surface area contributed by atoms with E-state index in [-0.39, 0.29) is 29.4 Å². The first-order valence-electron chi connectivity index (χ1n) is 8.50. The highest BCUT2D eigenvalue weighted by Gasteiger charge is 2.36. The summed E-state index contributed by atoms with van der Waals surface area (Å²) in [6, 6.07) is 8.75. The average molecular weight is 378 g/mol. The Labute approximate surface area is 155 Å². The number of alkyl halides is 2. The molecule has 3 rings (SSSR count). The van der Waals surface area contributed by atoms with Crippen LogP contribution >= 0.6 is 0 Å². The Hall–Kier alpha value is -2.74. The van der Waals surface area contributed by atoms with E-state index in [0.29, 0.717) is 18.7 Å². The second-order valence-corrected chi connectivity index (χ2v) is 6.38. The fourth-order valence-corrected chi connectivity index (χ4v) is 3.11. The van der Waals surface area contributed by atoms with Crippen molar-refractivity contribution >= 4 is 5.91 Å². The number of hydrogen-bond acceptors (Lipinski definition) is 5. The van der Waals surface area contributed by atoms with Crippen molar-refractivity contribution in [3.63, 3.8) is 0 Å². The van der Waals surface area contributed by atoms with Crippen LogP contribution in [0.4, 0.5) is 8.78 Å². The Kier molecular flexibility index (Phi) is 5.85. The van der Waals surface area contributed by atoms with Gasteiger partial charge in [-0.25, -0.2) is 4.98 Å². The molecular formula is C19H20F2N2O4. The van der Waals surface area contributed by atoms with Gasteiger partial charge >= 0.3 is 6.61 Å². The molecule has 1 aliphatic rings. The summed E-state index contributed by atoms with van der Waals surface area (Å²) in [4.78, 5) is 16.8. The summed E-state index contributed by atoms with van der Waals surface area (Å²) in [6.45, 7) is -2.96. The number of amides is 1. The van der Waals surface area contributed by atoms with E-state index >= 15 is 0 Å². The van der Waals surface area contributed by atoms with Gasteiger partial charge in [0, 0.05) is 17.8 Å². The predicted molar refractivity (Wildman–Crippen MR) is 92.8 cm³/mol. The van der Waals surface area contributed by atoms with Crippen molar-refractivity contribution in [3.8, 4) is 11.6 Å². The smallest absolute Gasteiger partial charge is 0.387 e. The highest BCUT2D eigenvalue weighted by atomic mass is 19.3. The Bertz CT molecular complexity index is 780. The Morgan fingerprint density at radius 3 is 2.67 bits per heavy atom. The molecule has 1 saturated carbocycles. The lowest BCUT2D eigenvalue weighted by molar-refractivity contribution is -0.0498. The molecule has 1 aliphatic carbocycles. The number of nitrogens with zero attached hydrogens (tertiary/aromatic N) is 1. The molecule has 1 aromatic carbocycles. The molecule has 1 heterocycles. The Balaban J connectivity index is 1.78. The van der Waals surface area contributed by atoms with Gasteiger partial charge in [0.25, 0.3) is 5.91 Å². The lowest BCUT2D eigenvalue weighted by Gasteiger charge is -2.38. The van der Waals surface area contributed by atoms with Crippen LogP contribution in [0.1, 0.15) is 34.8 Å². The Morgan fingerprint density at radius 2 is 2.07 bits per heavy atom. The van der Waals surface area contributed by atoms with Crippen LogP contribution in [0.5, 0.6) is 11.6 Å². The summed E-state index contributed by atoms with van der Waals surface area (Å²) in [7, 11) is 1.51. The number of ether oxygens (including phenoxy) is 2. The van der Waals surface area contributed by atoms with Gasteiger partial charge in [0.2, 0.25) is 5.88 Å². The van der Waals surface area contributed by atoms with Gasteiger partial charge < -0.3 is 19.9 Å². The molecule has 1 fully saturated rings. The molecule has 144 valence electrons. The number of aliphatic hydroxyl groups excluding tert-OH is 1. The first-order valence-corrected chi connectivity index (χ1v) is 8.50. The lowest BCUT2D eigenvalue weighted by atomic mass is 9.75. The van der Waals surface area contributed by atoms with E-state index in [1.165, 1.54) is 31.4 Å². The van der Waals surface area contributed by atoms with Crippen LogP contribution < -0.4 is 14.8 Å². The average Bonchev–Trinajstić information content (AvgIpc) is 2.63. The highest BCUT2D eigenvalue weighted by Crippen LogP contribution is 2.38. The van der Waals surface area contributed by atoms with Gasteiger partial charge in [-0.15, -0.1) is 0 Å². The van der Waals surface area contributed by atoms with E-state index in [4.69, 9.17) is 4.74 Å². The van der Waals surface area contributed by atoms with Gasteiger partial charge in [0.1, 0.15) is 5.75 Å². The zero-order chi connectivity index (χ0) is 19.4. The van der Waals surface area contributed by atoms with Crippen LogP contribution in [0.2, 0.25) is 0 Å². The number of carbonyl (C=O) groups excluding carboxylic acids is 1. The van der Waals surface area contributed by atoms with E-state index < -0.39 is 12.5 Å². The SMILES string of the molecule is COc1ccc([C@H](NC(=O)c2cccc(OC(F)F)c2)C2CC(O)C2)cn1. The van der Waals surface area contributed by atoms with Crippen molar-refractivity contribution in [1.29, 1.82) is 0 Å². The zero-order valence-corrected chi connectivity index (χ0v) is 14.6. The first-order chi connectivity index (χ1) is 13.0. The highest BCUT2D eigenvalue weighted by molar-refractivity contribution is 5.94. The van der Waals surface area contributed by atoms with E-state index in [1.54, 1.807) is 18.3 Å². The summed E-state index contributed by atoms with van der Waals surface area (Å²) in [5.74, 6) is 0.00488. The topological polar surface area (TPSA) is 80.7 Å². The molecule has 1 aromatic heterocycles. The molecule has 6 nitrogen and oxygen atoms in total. The molecule has 1 atom stereocenters. The number of halogens is 2. The quantitative estimate of drug-likeness (QED) is 0.774. The number of rotatable bonds is 7. The van der Waals surface area contributed by atoms with Crippen molar-refractivity contribution in [2.75, 3.05) is 7.11 Å². The fraction of sp³-hybridized carbons (Fsp3) is 0.368. The van der Waals surface area contributed by atoms with Crippen molar-refractivity contribution in [3.05, 3.63) is 53.7 Å². The number of aromatic nitrogens is 1. The number of pyridine rings is 1. The van der Waals surface area contributed by atoms with Crippen LogP contribution in [0.3, 0.4) is 0 Å². The van der Waals surface area contributed by atoms with Gasteiger partial charge in [-0.3, -0.25) is 4.79 Å². The molecule has 0 saturated heterocycles. The van der Waals surface area contributed by atoms with Crippen molar-refractivity contribution in [2.45, 2.75) is 31.6 Å². The molecule has 0 bridgehead atoms. The molecule has 0 radical (unpaired) electrons. The zero-order valence-electron chi connectivity index (χ0n) is 14.6. The maximum atomic E-state index is 12.7. The van der Waals surface area contributed by atoms with E-state index in [2.05, 4.69) is 15.0 Å². The largest absolute Gasteiger partial charge is 0.481 e. The summed E-state index contributed by atoms with van der Waals surface area (Å²) in [6.07, 6.45) is 2.35. The predicted octanol–water partition coefficient (Wildman–Crippen LogP) is 2.93.